The van der Waals surface area contributed by atoms with E-state index >= 15 is 0 Å². The summed E-state index contributed by atoms with van der Waals surface area (Å²) in [5, 5.41) is 11.6. The number of nitrogens with two attached hydrogens (primary N) is 1. The molecule has 0 aliphatic rings. The average molecular weight is 204 g/mol. The number of rotatable bonds is 7. The number of nitrogens with one attached hydrogen (secondary N) is 1. The summed E-state index contributed by atoms with van der Waals surface area (Å²) in [6, 6.07) is -0.710. The van der Waals surface area contributed by atoms with E-state index in [1.807, 2.05) is 13.8 Å². The summed E-state index contributed by atoms with van der Waals surface area (Å²) in [6.45, 7) is 4.91. The van der Waals surface area contributed by atoms with E-state index in [4.69, 9.17) is 15.6 Å². The van der Waals surface area contributed by atoms with Crippen LogP contribution >= 0.6 is 0 Å². The number of carboxylic acid groups (broad SMARTS) is 1. The molecule has 0 saturated heterocycles. The zero-order valence-electron chi connectivity index (χ0n) is 8.99. The Morgan fingerprint density at radius 2 is 2.14 bits per heavy atom. The van der Waals surface area contributed by atoms with Gasteiger partial charge in [0.05, 0.1) is 6.61 Å². The highest BCUT2D eigenvalue weighted by molar-refractivity contribution is 5.73. The lowest BCUT2D eigenvalue weighted by atomic mass is 10.1. The number of methoxy groups -OCH3 is 1. The molecule has 0 radical (unpaired) electrons. The van der Waals surface area contributed by atoms with Gasteiger partial charge in [0, 0.05) is 19.7 Å². The van der Waals surface area contributed by atoms with Crippen molar-refractivity contribution in [3.63, 3.8) is 0 Å². The SMILES string of the molecule is COCC(NCC(N)C(=O)O)C(C)C. The maximum absolute atomic E-state index is 10.4. The number of hydrogen-bond acceptors (Lipinski definition) is 4. The molecule has 0 aromatic heterocycles. The lowest BCUT2D eigenvalue weighted by Crippen LogP contribution is -2.47. The van der Waals surface area contributed by atoms with Crippen LogP contribution in [0.1, 0.15) is 13.8 Å². The molecular formula is C9H20N2O3. The second-order valence-corrected chi connectivity index (χ2v) is 3.66. The second kappa shape index (κ2) is 6.75. The monoisotopic (exact) mass is 204 g/mol. The smallest absolute Gasteiger partial charge is 0.321 e. The van der Waals surface area contributed by atoms with E-state index in [0.29, 0.717) is 12.5 Å². The first-order chi connectivity index (χ1) is 6.49. The molecule has 0 amide bonds. The largest absolute Gasteiger partial charge is 0.480 e. The van der Waals surface area contributed by atoms with Crippen molar-refractivity contribution in [3.05, 3.63) is 0 Å². The average Bonchev–Trinajstić information content (AvgIpc) is 2.10. The molecule has 0 aliphatic heterocycles. The third kappa shape index (κ3) is 5.16. The van der Waals surface area contributed by atoms with Gasteiger partial charge in [0.1, 0.15) is 6.04 Å². The predicted octanol–water partition coefficient (Wildman–Crippen LogP) is -0.341. The number of carbonyl (C=O) groups is 1. The van der Waals surface area contributed by atoms with Crippen LogP contribution in [0.3, 0.4) is 0 Å². The van der Waals surface area contributed by atoms with Gasteiger partial charge in [-0.2, -0.15) is 0 Å². The van der Waals surface area contributed by atoms with Gasteiger partial charge in [-0.05, 0) is 5.92 Å². The maximum atomic E-state index is 10.4. The molecule has 2 unspecified atom stereocenters. The number of hydrogen-bond donors (Lipinski definition) is 3. The summed E-state index contributed by atoms with van der Waals surface area (Å²) in [6.07, 6.45) is 0. The van der Waals surface area contributed by atoms with Crippen molar-refractivity contribution in [3.8, 4) is 0 Å². The molecule has 0 fully saturated rings. The fourth-order valence-electron chi connectivity index (χ4n) is 1.03. The van der Waals surface area contributed by atoms with Crippen LogP contribution in [-0.2, 0) is 9.53 Å². The summed E-state index contributed by atoms with van der Waals surface area (Å²) in [5.74, 6) is -0.603. The summed E-state index contributed by atoms with van der Waals surface area (Å²) in [4.78, 5) is 10.4. The lowest BCUT2D eigenvalue weighted by molar-refractivity contribution is -0.138. The third-order valence-electron chi connectivity index (χ3n) is 2.07. The summed E-state index contributed by atoms with van der Waals surface area (Å²) >= 11 is 0. The van der Waals surface area contributed by atoms with Gasteiger partial charge in [0.15, 0.2) is 0 Å². The van der Waals surface area contributed by atoms with Crippen LogP contribution in [0.15, 0.2) is 0 Å². The van der Waals surface area contributed by atoms with Crippen LogP contribution in [0.5, 0.6) is 0 Å². The van der Waals surface area contributed by atoms with Gasteiger partial charge in [-0.1, -0.05) is 13.8 Å². The molecule has 0 bridgehead atoms. The van der Waals surface area contributed by atoms with Crippen molar-refractivity contribution in [2.24, 2.45) is 11.7 Å². The highest BCUT2D eigenvalue weighted by atomic mass is 16.5. The van der Waals surface area contributed by atoms with E-state index in [9.17, 15) is 4.79 Å². The van der Waals surface area contributed by atoms with Crippen molar-refractivity contribution in [1.29, 1.82) is 0 Å². The first-order valence-corrected chi connectivity index (χ1v) is 4.69. The molecule has 5 heteroatoms. The van der Waals surface area contributed by atoms with Crippen LogP contribution in [0.4, 0.5) is 0 Å². The van der Waals surface area contributed by atoms with Crippen molar-refractivity contribution in [1.82, 2.24) is 5.32 Å². The molecular weight excluding hydrogens is 184 g/mol. The molecule has 0 aromatic carbocycles. The molecule has 0 rings (SSSR count). The molecule has 0 aromatic rings. The highest BCUT2D eigenvalue weighted by Crippen LogP contribution is 2.01. The third-order valence-corrected chi connectivity index (χ3v) is 2.07. The van der Waals surface area contributed by atoms with Crippen LogP contribution in [0.2, 0.25) is 0 Å². The Bertz CT molecular complexity index is 173. The Morgan fingerprint density at radius 3 is 2.50 bits per heavy atom. The van der Waals surface area contributed by atoms with E-state index < -0.39 is 12.0 Å². The fourth-order valence-corrected chi connectivity index (χ4v) is 1.03. The van der Waals surface area contributed by atoms with Crippen molar-refractivity contribution < 1.29 is 14.6 Å². The van der Waals surface area contributed by atoms with Gasteiger partial charge in [0.2, 0.25) is 0 Å². The quantitative estimate of drug-likeness (QED) is 0.528. The molecule has 0 aliphatic carbocycles. The number of aliphatic carboxylic acids is 1. The number of carboxylic acids is 1. The standard InChI is InChI=1S/C9H20N2O3/c1-6(2)8(5-14-3)11-4-7(10)9(12)13/h6-8,11H,4-5,10H2,1-3H3,(H,12,13). The zero-order chi connectivity index (χ0) is 11.1. The first-order valence-electron chi connectivity index (χ1n) is 4.69. The van der Waals surface area contributed by atoms with Gasteiger partial charge < -0.3 is 20.9 Å². The molecule has 5 nitrogen and oxygen atoms in total. The Hall–Kier alpha value is -0.650. The minimum atomic E-state index is -0.988. The number of ether oxygens (including phenoxy) is 1. The minimum Gasteiger partial charge on any atom is -0.480 e. The van der Waals surface area contributed by atoms with Gasteiger partial charge in [-0.15, -0.1) is 0 Å². The van der Waals surface area contributed by atoms with Crippen LogP contribution < -0.4 is 11.1 Å². The molecule has 84 valence electrons. The first kappa shape index (κ1) is 13.4. The molecule has 0 spiro atoms. The van der Waals surface area contributed by atoms with E-state index in [2.05, 4.69) is 5.32 Å². The van der Waals surface area contributed by atoms with E-state index in [-0.39, 0.29) is 12.6 Å². The Kier molecular flexibility index (Phi) is 6.44. The summed E-state index contributed by atoms with van der Waals surface area (Å²) in [5.41, 5.74) is 5.36. The van der Waals surface area contributed by atoms with Crippen LogP contribution in [-0.4, -0.2) is 43.4 Å². The van der Waals surface area contributed by atoms with Crippen molar-refractivity contribution in [2.75, 3.05) is 20.3 Å². The molecule has 4 N–H and O–H groups in total. The van der Waals surface area contributed by atoms with Gasteiger partial charge in [0.25, 0.3) is 0 Å². The van der Waals surface area contributed by atoms with Crippen LogP contribution in [0, 0.1) is 5.92 Å². The molecule has 0 heterocycles. The van der Waals surface area contributed by atoms with Gasteiger partial charge >= 0.3 is 5.97 Å². The Labute approximate surface area is 84.6 Å². The fraction of sp³-hybridized carbons (Fsp3) is 0.889. The summed E-state index contributed by atoms with van der Waals surface area (Å²) < 4.78 is 5.01. The highest BCUT2D eigenvalue weighted by Gasteiger charge is 2.16. The Morgan fingerprint density at radius 1 is 1.57 bits per heavy atom. The summed E-state index contributed by atoms with van der Waals surface area (Å²) in [7, 11) is 1.62. The predicted molar refractivity (Wildman–Crippen MR) is 54.1 cm³/mol. The van der Waals surface area contributed by atoms with Gasteiger partial charge in [-0.3, -0.25) is 4.79 Å². The zero-order valence-corrected chi connectivity index (χ0v) is 8.99. The molecule has 2 atom stereocenters. The van der Waals surface area contributed by atoms with E-state index in [1.165, 1.54) is 0 Å². The topological polar surface area (TPSA) is 84.6 Å². The van der Waals surface area contributed by atoms with E-state index in [0.717, 1.165) is 0 Å². The van der Waals surface area contributed by atoms with Gasteiger partial charge in [-0.25, -0.2) is 0 Å². The minimum absolute atomic E-state index is 0.144. The molecule has 0 saturated carbocycles. The maximum Gasteiger partial charge on any atom is 0.321 e. The van der Waals surface area contributed by atoms with Crippen LogP contribution in [0.25, 0.3) is 0 Å². The normalized spacial score (nSPS) is 15.5. The van der Waals surface area contributed by atoms with E-state index in [1.54, 1.807) is 7.11 Å². The molecule has 14 heavy (non-hydrogen) atoms. The lowest BCUT2D eigenvalue weighted by Gasteiger charge is -2.22. The Balaban J connectivity index is 3.87. The second-order valence-electron chi connectivity index (χ2n) is 3.66. The van der Waals surface area contributed by atoms with Crippen molar-refractivity contribution in [2.45, 2.75) is 25.9 Å². The van der Waals surface area contributed by atoms with Crippen molar-refractivity contribution >= 4 is 5.97 Å².